The molecule has 0 radical (unpaired) electrons. The molecule has 1 nitrogen and oxygen atoms in total. The van der Waals surface area contributed by atoms with Crippen molar-refractivity contribution in [1.82, 2.24) is 0 Å². The Hall–Kier alpha value is -1.35. The molecule has 2 aromatic heterocycles. The minimum Gasteiger partial charge on any atom is -0.193 e. The minimum atomic E-state index is 0.676. The SMILES string of the molecule is C[n+]1c2ccccc2cc2sc3c(Cl)cc(Cl)cc3c21. The molecule has 2 aromatic carbocycles. The van der Waals surface area contributed by atoms with Gasteiger partial charge in [-0.15, -0.1) is 11.3 Å². The van der Waals surface area contributed by atoms with E-state index in [1.165, 1.54) is 21.1 Å². The Morgan fingerprint density at radius 1 is 1.05 bits per heavy atom. The Morgan fingerprint density at radius 2 is 1.85 bits per heavy atom. The quantitative estimate of drug-likeness (QED) is 0.385. The number of rotatable bonds is 0. The standard InChI is InChI=1S/C16H10Cl2NS/c1-19-13-5-3-2-4-9(13)6-14-15(19)11-7-10(17)8-12(18)16(11)20-14/h2-8H,1H3/q+1. The second-order valence-corrected chi connectivity index (χ2v) is 6.74. The van der Waals surface area contributed by atoms with Crippen LogP contribution in [0.25, 0.3) is 31.2 Å². The number of pyridine rings is 1. The van der Waals surface area contributed by atoms with Crippen molar-refractivity contribution in [2.75, 3.05) is 0 Å². The van der Waals surface area contributed by atoms with E-state index in [4.69, 9.17) is 23.2 Å². The van der Waals surface area contributed by atoms with Gasteiger partial charge in [-0.1, -0.05) is 35.3 Å². The van der Waals surface area contributed by atoms with Crippen molar-refractivity contribution in [3.63, 3.8) is 0 Å². The summed E-state index contributed by atoms with van der Waals surface area (Å²) in [6.45, 7) is 0. The van der Waals surface area contributed by atoms with Crippen molar-refractivity contribution < 1.29 is 4.57 Å². The molecule has 4 heteroatoms. The van der Waals surface area contributed by atoms with E-state index in [0.29, 0.717) is 5.02 Å². The zero-order valence-electron chi connectivity index (χ0n) is 10.7. The topological polar surface area (TPSA) is 3.88 Å². The van der Waals surface area contributed by atoms with E-state index in [9.17, 15) is 0 Å². The summed E-state index contributed by atoms with van der Waals surface area (Å²) >= 11 is 14.2. The zero-order chi connectivity index (χ0) is 13.9. The summed E-state index contributed by atoms with van der Waals surface area (Å²) in [4.78, 5) is 0. The fraction of sp³-hybridized carbons (Fsp3) is 0.0625. The van der Waals surface area contributed by atoms with Gasteiger partial charge in [-0.25, -0.2) is 0 Å². The summed E-state index contributed by atoms with van der Waals surface area (Å²) in [5.74, 6) is 0. The summed E-state index contributed by atoms with van der Waals surface area (Å²) in [7, 11) is 2.09. The average Bonchev–Trinajstić information content (AvgIpc) is 2.78. The zero-order valence-corrected chi connectivity index (χ0v) is 13.0. The highest BCUT2D eigenvalue weighted by atomic mass is 35.5. The predicted molar refractivity (Wildman–Crippen MR) is 88.0 cm³/mol. The second-order valence-electron chi connectivity index (χ2n) is 4.84. The maximum Gasteiger partial charge on any atom is 0.231 e. The van der Waals surface area contributed by atoms with E-state index >= 15 is 0 Å². The number of halogens is 2. The van der Waals surface area contributed by atoms with Crippen LogP contribution < -0.4 is 4.57 Å². The van der Waals surface area contributed by atoms with E-state index in [0.717, 1.165) is 15.1 Å². The van der Waals surface area contributed by atoms with Crippen molar-refractivity contribution in [2.24, 2.45) is 7.05 Å². The third kappa shape index (κ3) is 1.65. The van der Waals surface area contributed by atoms with E-state index < -0.39 is 0 Å². The molecule has 4 aromatic rings. The third-order valence-corrected chi connectivity index (χ3v) is 5.43. The molecule has 0 saturated heterocycles. The number of hydrogen-bond acceptors (Lipinski definition) is 1. The first kappa shape index (κ1) is 12.4. The number of hydrogen-bond donors (Lipinski definition) is 0. The highest BCUT2D eigenvalue weighted by Gasteiger charge is 2.19. The number of fused-ring (bicyclic) bond motifs is 4. The highest BCUT2D eigenvalue weighted by molar-refractivity contribution is 7.26. The van der Waals surface area contributed by atoms with Gasteiger partial charge in [-0.3, -0.25) is 0 Å². The number of aromatic nitrogens is 1. The smallest absolute Gasteiger partial charge is 0.193 e. The van der Waals surface area contributed by atoms with E-state index in [2.05, 4.69) is 41.9 Å². The molecule has 0 bridgehead atoms. The molecule has 0 fully saturated rings. The molecule has 98 valence electrons. The van der Waals surface area contributed by atoms with Crippen molar-refractivity contribution in [1.29, 1.82) is 0 Å². The highest BCUT2D eigenvalue weighted by Crippen LogP contribution is 2.39. The van der Waals surface area contributed by atoms with Crippen LogP contribution in [-0.4, -0.2) is 0 Å². The molecule has 4 rings (SSSR count). The van der Waals surface area contributed by atoms with Gasteiger partial charge in [-0.2, -0.15) is 4.57 Å². The first-order chi connectivity index (χ1) is 9.65. The van der Waals surface area contributed by atoms with Gasteiger partial charge < -0.3 is 0 Å². The molecule has 0 saturated carbocycles. The van der Waals surface area contributed by atoms with Gasteiger partial charge in [-0.05, 0) is 24.3 Å². The maximum absolute atomic E-state index is 6.33. The minimum absolute atomic E-state index is 0.676. The van der Waals surface area contributed by atoms with Gasteiger partial charge in [0.05, 0.1) is 15.1 Å². The Labute approximate surface area is 130 Å². The lowest BCUT2D eigenvalue weighted by Crippen LogP contribution is -2.29. The third-order valence-electron chi connectivity index (χ3n) is 3.63. The largest absolute Gasteiger partial charge is 0.231 e. The molecule has 0 aliphatic heterocycles. The number of aryl methyl sites for hydroxylation is 1. The molecule has 0 unspecified atom stereocenters. The maximum atomic E-state index is 6.33. The fourth-order valence-corrected chi connectivity index (χ4v) is 4.53. The summed E-state index contributed by atoms with van der Waals surface area (Å²) < 4.78 is 4.54. The van der Waals surface area contributed by atoms with Crippen molar-refractivity contribution >= 4 is 65.7 Å². The normalized spacial score (nSPS) is 11.8. The molecule has 0 aliphatic carbocycles. The van der Waals surface area contributed by atoms with Crippen LogP contribution in [0.2, 0.25) is 10.0 Å². The molecule has 0 aliphatic rings. The lowest BCUT2D eigenvalue weighted by Gasteiger charge is -1.99. The van der Waals surface area contributed by atoms with Crippen LogP contribution in [0.1, 0.15) is 0 Å². The van der Waals surface area contributed by atoms with Crippen molar-refractivity contribution in [3.05, 3.63) is 52.5 Å². The van der Waals surface area contributed by atoms with Crippen molar-refractivity contribution in [3.8, 4) is 0 Å². The van der Waals surface area contributed by atoms with E-state index in [1.54, 1.807) is 17.4 Å². The monoisotopic (exact) mass is 318 g/mol. The fourth-order valence-electron chi connectivity index (χ4n) is 2.75. The van der Waals surface area contributed by atoms with E-state index in [-0.39, 0.29) is 0 Å². The van der Waals surface area contributed by atoms with E-state index in [1.807, 2.05) is 6.07 Å². The van der Waals surface area contributed by atoms with Crippen LogP contribution in [0.3, 0.4) is 0 Å². The van der Waals surface area contributed by atoms with Gasteiger partial charge in [0.1, 0.15) is 11.7 Å². The van der Waals surface area contributed by atoms with Gasteiger partial charge in [0.2, 0.25) is 11.0 Å². The summed E-state index contributed by atoms with van der Waals surface area (Å²) in [6, 6.07) is 14.4. The van der Waals surface area contributed by atoms with Crippen LogP contribution >= 0.6 is 34.5 Å². The van der Waals surface area contributed by atoms with Gasteiger partial charge in [0, 0.05) is 16.5 Å². The Morgan fingerprint density at radius 3 is 2.70 bits per heavy atom. The molecular formula is C16H10Cl2NS+. The summed E-state index contributed by atoms with van der Waals surface area (Å²) in [5.41, 5.74) is 2.39. The first-order valence-corrected chi connectivity index (χ1v) is 7.81. The van der Waals surface area contributed by atoms with Crippen LogP contribution in [0.15, 0.2) is 42.5 Å². The van der Waals surface area contributed by atoms with Crippen molar-refractivity contribution in [2.45, 2.75) is 0 Å². The number of nitrogens with zero attached hydrogens (tertiary/aromatic N) is 1. The van der Waals surface area contributed by atoms with Gasteiger partial charge in [0.25, 0.3) is 0 Å². The molecule has 0 amide bonds. The van der Waals surface area contributed by atoms with Crippen LogP contribution in [-0.2, 0) is 7.05 Å². The van der Waals surface area contributed by atoms with Crippen LogP contribution in [0, 0.1) is 0 Å². The Kier molecular flexibility index (Phi) is 2.68. The predicted octanol–water partition coefficient (Wildman–Crippen LogP) is 5.34. The number of benzene rings is 2. The van der Waals surface area contributed by atoms with Gasteiger partial charge in [0.15, 0.2) is 0 Å². The number of para-hydroxylation sites is 1. The summed E-state index contributed by atoms with van der Waals surface area (Å²) in [6.07, 6.45) is 0. The summed E-state index contributed by atoms with van der Waals surface area (Å²) in [5, 5.41) is 3.75. The molecule has 0 atom stereocenters. The molecular weight excluding hydrogens is 309 g/mol. The molecule has 0 spiro atoms. The van der Waals surface area contributed by atoms with Gasteiger partial charge >= 0.3 is 0 Å². The Balaban J connectivity index is 2.32. The molecule has 2 heterocycles. The lowest BCUT2D eigenvalue weighted by molar-refractivity contribution is -0.616. The number of thiophene rings is 1. The molecule has 0 N–H and O–H groups in total. The lowest BCUT2D eigenvalue weighted by atomic mass is 10.1. The second kappa shape index (κ2) is 4.32. The Bertz CT molecular complexity index is 988. The van der Waals surface area contributed by atoms with Crippen LogP contribution in [0.4, 0.5) is 0 Å². The average molecular weight is 319 g/mol. The molecule has 20 heavy (non-hydrogen) atoms. The van der Waals surface area contributed by atoms with Crippen LogP contribution in [0.5, 0.6) is 0 Å². The first-order valence-electron chi connectivity index (χ1n) is 6.24.